The summed E-state index contributed by atoms with van der Waals surface area (Å²) in [5, 5.41) is 7.13. The van der Waals surface area contributed by atoms with Gasteiger partial charge < -0.3 is 4.74 Å². The minimum atomic E-state index is -4.65. The number of carbonyl (C=O) groups is 1. The topological polar surface area (TPSA) is 79.9 Å². The number of rotatable bonds is 3. The Morgan fingerprint density at radius 2 is 2.15 bits per heavy atom. The molecule has 0 atom stereocenters. The summed E-state index contributed by atoms with van der Waals surface area (Å²) in [6, 6.07) is 6.13. The third-order valence-electron chi connectivity index (χ3n) is 2.31. The molecule has 2 N–H and O–H groups in total. The van der Waals surface area contributed by atoms with Crippen molar-refractivity contribution in [2.45, 2.75) is 6.18 Å². The van der Waals surface area contributed by atoms with Crippen LogP contribution in [0.15, 0.2) is 24.3 Å². The Balaban J connectivity index is 2.13. The van der Waals surface area contributed by atoms with Gasteiger partial charge in [0.1, 0.15) is 5.75 Å². The third kappa shape index (κ3) is 3.05. The number of alkyl halides is 3. The molecule has 9 heteroatoms. The van der Waals surface area contributed by atoms with Gasteiger partial charge in [-0.2, -0.15) is 18.2 Å². The van der Waals surface area contributed by atoms with E-state index in [4.69, 9.17) is 4.74 Å². The molecule has 1 amide bonds. The van der Waals surface area contributed by atoms with E-state index >= 15 is 0 Å². The molecule has 0 unspecified atom stereocenters. The van der Waals surface area contributed by atoms with Crippen LogP contribution in [-0.2, 0) is 6.18 Å². The van der Waals surface area contributed by atoms with Gasteiger partial charge in [0.2, 0.25) is 11.8 Å². The van der Waals surface area contributed by atoms with Gasteiger partial charge in [0, 0.05) is 5.56 Å². The molecule has 0 aliphatic carbocycles. The number of methoxy groups -OCH3 is 1. The lowest BCUT2D eigenvalue weighted by atomic mass is 10.2. The smallest absolute Gasteiger partial charge is 0.451 e. The van der Waals surface area contributed by atoms with E-state index in [0.717, 1.165) is 0 Å². The number of hydrogen-bond acceptors (Lipinski definition) is 4. The fraction of sp³-hybridized carbons (Fsp3) is 0.182. The zero-order valence-electron chi connectivity index (χ0n) is 10.2. The maximum atomic E-state index is 12.3. The molecule has 1 aromatic heterocycles. The number of benzene rings is 1. The van der Waals surface area contributed by atoms with Crippen molar-refractivity contribution >= 4 is 11.9 Å². The molecular formula is C11H9F3N4O2. The Bertz CT molecular complexity index is 624. The molecule has 106 valence electrons. The molecule has 0 radical (unpaired) electrons. The minimum Gasteiger partial charge on any atom is -0.497 e. The Morgan fingerprint density at radius 1 is 1.40 bits per heavy atom. The number of amides is 1. The van der Waals surface area contributed by atoms with Crippen LogP contribution in [0.3, 0.4) is 0 Å². The summed E-state index contributed by atoms with van der Waals surface area (Å²) in [6.07, 6.45) is -4.65. The van der Waals surface area contributed by atoms with E-state index in [-0.39, 0.29) is 5.56 Å². The molecule has 2 aromatic rings. The molecule has 0 aliphatic heterocycles. The maximum Gasteiger partial charge on any atom is 0.451 e. The van der Waals surface area contributed by atoms with Crippen LogP contribution in [0.25, 0.3) is 0 Å². The molecule has 1 heterocycles. The Kier molecular flexibility index (Phi) is 3.59. The van der Waals surface area contributed by atoms with Gasteiger partial charge in [-0.3, -0.25) is 15.2 Å². The van der Waals surface area contributed by atoms with Crippen molar-refractivity contribution in [1.82, 2.24) is 15.2 Å². The minimum absolute atomic E-state index is 0.211. The molecule has 0 aliphatic rings. The first-order valence-electron chi connectivity index (χ1n) is 5.35. The van der Waals surface area contributed by atoms with Crippen molar-refractivity contribution in [3.05, 3.63) is 35.7 Å². The summed E-state index contributed by atoms with van der Waals surface area (Å²) < 4.78 is 41.8. The van der Waals surface area contributed by atoms with E-state index in [1.807, 2.05) is 0 Å². The van der Waals surface area contributed by atoms with Crippen LogP contribution in [-0.4, -0.2) is 28.2 Å². The number of halogens is 3. The lowest BCUT2D eigenvalue weighted by Gasteiger charge is -2.03. The molecule has 0 fully saturated rings. The van der Waals surface area contributed by atoms with Gasteiger partial charge in [-0.05, 0) is 18.2 Å². The highest BCUT2D eigenvalue weighted by molar-refractivity contribution is 6.03. The third-order valence-corrected chi connectivity index (χ3v) is 2.31. The fourth-order valence-corrected chi connectivity index (χ4v) is 1.38. The molecule has 20 heavy (non-hydrogen) atoms. The summed E-state index contributed by atoms with van der Waals surface area (Å²) in [7, 11) is 1.43. The van der Waals surface area contributed by atoms with Crippen molar-refractivity contribution in [3.8, 4) is 5.75 Å². The van der Waals surface area contributed by atoms with E-state index in [9.17, 15) is 18.0 Å². The number of anilines is 1. The van der Waals surface area contributed by atoms with E-state index < -0.39 is 23.9 Å². The van der Waals surface area contributed by atoms with Crippen LogP contribution >= 0.6 is 0 Å². The number of nitrogens with one attached hydrogen (secondary N) is 2. The lowest BCUT2D eigenvalue weighted by molar-refractivity contribution is -0.144. The molecule has 0 spiro atoms. The van der Waals surface area contributed by atoms with Crippen LogP contribution in [0.4, 0.5) is 19.1 Å². The van der Waals surface area contributed by atoms with Gasteiger partial charge in [-0.1, -0.05) is 6.07 Å². The van der Waals surface area contributed by atoms with Gasteiger partial charge in [0.25, 0.3) is 5.91 Å². The number of H-pyrrole nitrogens is 1. The predicted molar refractivity (Wildman–Crippen MR) is 62.3 cm³/mol. The first kappa shape index (κ1) is 13.8. The average Bonchev–Trinajstić information content (AvgIpc) is 2.87. The monoisotopic (exact) mass is 286 g/mol. The van der Waals surface area contributed by atoms with Crippen molar-refractivity contribution < 1.29 is 22.7 Å². The Morgan fingerprint density at radius 3 is 2.75 bits per heavy atom. The number of nitrogens with zero attached hydrogens (tertiary/aromatic N) is 2. The summed E-state index contributed by atoms with van der Waals surface area (Å²) in [5.74, 6) is -1.93. The Labute approximate surface area is 111 Å². The highest BCUT2D eigenvalue weighted by Crippen LogP contribution is 2.26. The maximum absolute atomic E-state index is 12.3. The standard InChI is InChI=1S/C11H9F3N4O2/c1-20-7-4-2-3-6(5-7)8(19)15-10-16-9(17-18-10)11(12,13)14/h2-5H,1H3,(H2,15,16,17,18,19). The molecule has 0 saturated carbocycles. The van der Waals surface area contributed by atoms with Crippen molar-refractivity contribution in [2.24, 2.45) is 0 Å². The van der Waals surface area contributed by atoms with Crippen LogP contribution < -0.4 is 10.1 Å². The second-order valence-corrected chi connectivity index (χ2v) is 3.69. The molecule has 6 nitrogen and oxygen atoms in total. The van der Waals surface area contributed by atoms with Gasteiger partial charge in [-0.25, -0.2) is 0 Å². The first-order chi connectivity index (χ1) is 9.40. The summed E-state index contributed by atoms with van der Waals surface area (Å²) in [4.78, 5) is 14.9. The van der Waals surface area contributed by atoms with Crippen LogP contribution in [0.5, 0.6) is 5.75 Å². The average molecular weight is 286 g/mol. The van der Waals surface area contributed by atoms with E-state index in [1.54, 1.807) is 17.2 Å². The number of aromatic amines is 1. The highest BCUT2D eigenvalue weighted by Gasteiger charge is 2.35. The number of aromatic nitrogens is 3. The van der Waals surface area contributed by atoms with Crippen molar-refractivity contribution in [1.29, 1.82) is 0 Å². The largest absolute Gasteiger partial charge is 0.497 e. The lowest BCUT2D eigenvalue weighted by Crippen LogP contribution is -2.13. The highest BCUT2D eigenvalue weighted by atomic mass is 19.4. The van der Waals surface area contributed by atoms with Crippen molar-refractivity contribution in [2.75, 3.05) is 12.4 Å². The van der Waals surface area contributed by atoms with Crippen LogP contribution in [0.2, 0.25) is 0 Å². The van der Waals surface area contributed by atoms with Gasteiger partial charge >= 0.3 is 6.18 Å². The second-order valence-electron chi connectivity index (χ2n) is 3.69. The summed E-state index contributed by atoms with van der Waals surface area (Å²) >= 11 is 0. The molecule has 1 aromatic carbocycles. The van der Waals surface area contributed by atoms with E-state index in [1.165, 1.54) is 19.2 Å². The van der Waals surface area contributed by atoms with E-state index in [0.29, 0.717) is 5.75 Å². The zero-order valence-corrected chi connectivity index (χ0v) is 10.2. The molecule has 0 saturated heterocycles. The number of hydrogen-bond donors (Lipinski definition) is 2. The quantitative estimate of drug-likeness (QED) is 0.905. The molecular weight excluding hydrogens is 277 g/mol. The fourth-order valence-electron chi connectivity index (χ4n) is 1.38. The number of ether oxygens (including phenoxy) is 1. The summed E-state index contributed by atoms with van der Waals surface area (Å²) in [6.45, 7) is 0. The van der Waals surface area contributed by atoms with Gasteiger partial charge in [0.15, 0.2) is 0 Å². The zero-order chi connectivity index (χ0) is 14.8. The first-order valence-corrected chi connectivity index (χ1v) is 5.35. The SMILES string of the molecule is COc1cccc(C(=O)Nc2n[nH]c(C(F)(F)F)n2)c1. The summed E-state index contributed by atoms with van der Waals surface area (Å²) in [5.41, 5.74) is 0.211. The normalized spacial score (nSPS) is 11.2. The predicted octanol–water partition coefficient (Wildman–Crippen LogP) is 2.08. The number of carbonyl (C=O) groups excluding carboxylic acids is 1. The van der Waals surface area contributed by atoms with Crippen LogP contribution in [0, 0.1) is 0 Å². The second kappa shape index (κ2) is 5.19. The van der Waals surface area contributed by atoms with Crippen molar-refractivity contribution in [3.63, 3.8) is 0 Å². The Hall–Kier alpha value is -2.58. The van der Waals surface area contributed by atoms with E-state index in [2.05, 4.69) is 15.4 Å². The molecule has 0 bridgehead atoms. The molecule has 2 rings (SSSR count). The van der Waals surface area contributed by atoms with Crippen LogP contribution in [0.1, 0.15) is 16.2 Å². The van der Waals surface area contributed by atoms with Gasteiger partial charge in [0.05, 0.1) is 7.11 Å². The van der Waals surface area contributed by atoms with Gasteiger partial charge in [-0.15, -0.1) is 5.10 Å².